The zero-order valence-electron chi connectivity index (χ0n) is 13.2. The molecule has 1 aromatic rings. The minimum Gasteiger partial charge on any atom is -0.382 e. The lowest BCUT2D eigenvalue weighted by Crippen LogP contribution is -2.34. The average molecular weight is 290 g/mol. The van der Waals surface area contributed by atoms with E-state index >= 15 is 0 Å². The molecule has 2 N–H and O–H groups in total. The smallest absolute Gasteiger partial charge is 0.251 e. The van der Waals surface area contributed by atoms with Gasteiger partial charge in [-0.05, 0) is 43.9 Å². The highest BCUT2D eigenvalue weighted by Gasteiger charge is 2.22. The highest BCUT2D eigenvalue weighted by molar-refractivity contribution is 5.96. The molecule has 1 saturated heterocycles. The van der Waals surface area contributed by atoms with Gasteiger partial charge in [-0.2, -0.15) is 0 Å². The summed E-state index contributed by atoms with van der Waals surface area (Å²) in [5, 5.41) is 6.29. The van der Waals surface area contributed by atoms with Crippen LogP contribution in [0, 0.1) is 6.92 Å². The molecular weight excluding hydrogens is 264 g/mol. The molecule has 0 aliphatic carbocycles. The quantitative estimate of drug-likeness (QED) is 0.876. The standard InChI is InChI=1S/C17H26N2O2/c1-4-6-14-11-13(9-10-21-14)19-16-8-5-7-15(12(16)2)17(20)18-3/h5,7-8,13-14,19H,4,6,9-11H2,1-3H3,(H,18,20). The lowest BCUT2D eigenvalue weighted by atomic mass is 9.98. The maximum Gasteiger partial charge on any atom is 0.251 e. The molecule has 21 heavy (non-hydrogen) atoms. The second-order valence-corrected chi connectivity index (χ2v) is 5.70. The van der Waals surface area contributed by atoms with Gasteiger partial charge < -0.3 is 15.4 Å². The molecule has 1 aliphatic rings. The van der Waals surface area contributed by atoms with Gasteiger partial charge in [0.1, 0.15) is 0 Å². The van der Waals surface area contributed by atoms with E-state index in [2.05, 4.69) is 17.6 Å². The van der Waals surface area contributed by atoms with Crippen molar-refractivity contribution < 1.29 is 9.53 Å². The summed E-state index contributed by atoms with van der Waals surface area (Å²) in [7, 11) is 1.66. The highest BCUT2D eigenvalue weighted by atomic mass is 16.5. The Morgan fingerprint density at radius 3 is 2.95 bits per heavy atom. The Kier molecular flexibility index (Phi) is 5.62. The Bertz CT molecular complexity index is 486. The average Bonchev–Trinajstić information content (AvgIpc) is 2.49. The molecule has 2 rings (SSSR count). The molecule has 0 saturated carbocycles. The van der Waals surface area contributed by atoms with Gasteiger partial charge in [0.2, 0.25) is 0 Å². The Morgan fingerprint density at radius 1 is 1.43 bits per heavy atom. The number of ether oxygens (including phenoxy) is 1. The van der Waals surface area contributed by atoms with Crippen LogP contribution in [0.2, 0.25) is 0 Å². The van der Waals surface area contributed by atoms with Crippen molar-refractivity contribution >= 4 is 11.6 Å². The summed E-state index contributed by atoms with van der Waals surface area (Å²) in [6.07, 6.45) is 4.70. The number of carbonyl (C=O) groups is 1. The molecule has 2 atom stereocenters. The van der Waals surface area contributed by atoms with Crippen LogP contribution in [0.3, 0.4) is 0 Å². The summed E-state index contributed by atoms with van der Waals surface area (Å²) < 4.78 is 5.79. The number of rotatable bonds is 5. The van der Waals surface area contributed by atoms with Gasteiger partial charge in [-0.1, -0.05) is 19.4 Å². The van der Waals surface area contributed by atoms with Crippen LogP contribution in [0.15, 0.2) is 18.2 Å². The monoisotopic (exact) mass is 290 g/mol. The second-order valence-electron chi connectivity index (χ2n) is 5.70. The van der Waals surface area contributed by atoms with Gasteiger partial charge in [-0.15, -0.1) is 0 Å². The van der Waals surface area contributed by atoms with Crippen molar-refractivity contribution in [2.75, 3.05) is 19.0 Å². The normalized spacial score (nSPS) is 21.9. The SMILES string of the molecule is CCCC1CC(Nc2cccc(C(=O)NC)c2C)CCO1. The van der Waals surface area contributed by atoms with E-state index in [1.807, 2.05) is 25.1 Å². The van der Waals surface area contributed by atoms with Crippen LogP contribution in [0.25, 0.3) is 0 Å². The van der Waals surface area contributed by atoms with Crippen molar-refractivity contribution in [1.29, 1.82) is 0 Å². The van der Waals surface area contributed by atoms with Crippen LogP contribution < -0.4 is 10.6 Å². The third-order valence-corrected chi connectivity index (χ3v) is 4.14. The number of benzene rings is 1. The lowest BCUT2D eigenvalue weighted by Gasteiger charge is -2.31. The van der Waals surface area contributed by atoms with E-state index in [-0.39, 0.29) is 5.91 Å². The Balaban J connectivity index is 2.07. The molecule has 4 heteroatoms. The van der Waals surface area contributed by atoms with Gasteiger partial charge in [0.25, 0.3) is 5.91 Å². The topological polar surface area (TPSA) is 50.4 Å². The summed E-state index contributed by atoms with van der Waals surface area (Å²) in [6, 6.07) is 6.27. The predicted molar refractivity (Wildman–Crippen MR) is 85.9 cm³/mol. The maximum atomic E-state index is 11.9. The van der Waals surface area contributed by atoms with Gasteiger partial charge in [-0.3, -0.25) is 4.79 Å². The van der Waals surface area contributed by atoms with E-state index in [1.54, 1.807) is 7.05 Å². The fourth-order valence-electron chi connectivity index (χ4n) is 2.93. The summed E-state index contributed by atoms with van der Waals surface area (Å²) in [5.41, 5.74) is 2.80. The van der Waals surface area contributed by atoms with Crippen molar-refractivity contribution in [2.45, 2.75) is 51.7 Å². The van der Waals surface area contributed by atoms with Crippen molar-refractivity contribution in [3.05, 3.63) is 29.3 Å². The zero-order valence-corrected chi connectivity index (χ0v) is 13.2. The van der Waals surface area contributed by atoms with E-state index in [9.17, 15) is 4.79 Å². The van der Waals surface area contributed by atoms with Crippen LogP contribution >= 0.6 is 0 Å². The molecule has 4 nitrogen and oxygen atoms in total. The van der Waals surface area contributed by atoms with Crippen molar-refractivity contribution in [2.24, 2.45) is 0 Å². The zero-order chi connectivity index (χ0) is 15.2. The third-order valence-electron chi connectivity index (χ3n) is 4.14. The number of hydrogen-bond acceptors (Lipinski definition) is 3. The van der Waals surface area contributed by atoms with E-state index in [0.29, 0.717) is 12.1 Å². The number of nitrogens with one attached hydrogen (secondary N) is 2. The van der Waals surface area contributed by atoms with E-state index in [0.717, 1.165) is 49.1 Å². The lowest BCUT2D eigenvalue weighted by molar-refractivity contribution is 0.00596. The van der Waals surface area contributed by atoms with Crippen LogP contribution in [0.5, 0.6) is 0 Å². The first-order valence-electron chi connectivity index (χ1n) is 7.85. The van der Waals surface area contributed by atoms with Crippen molar-refractivity contribution in [3.63, 3.8) is 0 Å². The van der Waals surface area contributed by atoms with Gasteiger partial charge in [0, 0.05) is 30.9 Å². The molecule has 0 spiro atoms. The fourth-order valence-corrected chi connectivity index (χ4v) is 2.93. The minimum atomic E-state index is -0.0352. The first-order valence-corrected chi connectivity index (χ1v) is 7.85. The molecule has 0 radical (unpaired) electrons. The van der Waals surface area contributed by atoms with Crippen LogP contribution in [-0.2, 0) is 4.74 Å². The summed E-state index contributed by atoms with van der Waals surface area (Å²) >= 11 is 0. The van der Waals surface area contributed by atoms with Crippen molar-refractivity contribution in [3.8, 4) is 0 Å². The number of amides is 1. The summed E-state index contributed by atoms with van der Waals surface area (Å²) in [4.78, 5) is 11.9. The fraction of sp³-hybridized carbons (Fsp3) is 0.588. The molecule has 0 bridgehead atoms. The molecule has 1 heterocycles. The Morgan fingerprint density at radius 2 is 2.24 bits per heavy atom. The first kappa shape index (κ1) is 15.8. The van der Waals surface area contributed by atoms with E-state index < -0.39 is 0 Å². The Labute approximate surface area is 127 Å². The Hall–Kier alpha value is -1.55. The van der Waals surface area contributed by atoms with Crippen molar-refractivity contribution in [1.82, 2.24) is 5.32 Å². The first-order chi connectivity index (χ1) is 10.2. The molecule has 1 aliphatic heterocycles. The number of hydrogen-bond donors (Lipinski definition) is 2. The molecule has 0 aromatic heterocycles. The molecule has 2 unspecified atom stereocenters. The van der Waals surface area contributed by atoms with Gasteiger partial charge in [0.15, 0.2) is 0 Å². The molecule has 1 fully saturated rings. The molecule has 116 valence electrons. The summed E-state index contributed by atoms with van der Waals surface area (Å²) in [5.74, 6) is -0.0352. The third kappa shape index (κ3) is 3.97. The number of anilines is 1. The van der Waals surface area contributed by atoms with Crippen LogP contribution in [-0.4, -0.2) is 31.7 Å². The minimum absolute atomic E-state index is 0.0352. The van der Waals surface area contributed by atoms with Crippen LogP contribution in [0.1, 0.15) is 48.5 Å². The molecule has 1 amide bonds. The molecule has 1 aromatic carbocycles. The highest BCUT2D eigenvalue weighted by Crippen LogP contribution is 2.25. The van der Waals surface area contributed by atoms with Gasteiger partial charge in [0.05, 0.1) is 6.10 Å². The van der Waals surface area contributed by atoms with E-state index in [4.69, 9.17) is 4.74 Å². The van der Waals surface area contributed by atoms with E-state index in [1.165, 1.54) is 0 Å². The van der Waals surface area contributed by atoms with Gasteiger partial charge >= 0.3 is 0 Å². The second kappa shape index (κ2) is 7.46. The van der Waals surface area contributed by atoms with Gasteiger partial charge in [-0.25, -0.2) is 0 Å². The largest absolute Gasteiger partial charge is 0.382 e. The maximum absolute atomic E-state index is 11.9. The number of carbonyl (C=O) groups excluding carboxylic acids is 1. The predicted octanol–water partition coefficient (Wildman–Crippen LogP) is 3.11. The molecular formula is C17H26N2O2. The summed E-state index contributed by atoms with van der Waals surface area (Å²) in [6.45, 7) is 5.00. The van der Waals surface area contributed by atoms with Crippen LogP contribution in [0.4, 0.5) is 5.69 Å².